The summed E-state index contributed by atoms with van der Waals surface area (Å²) in [5.41, 5.74) is 0. The lowest BCUT2D eigenvalue weighted by atomic mass is 9.91. The molecule has 2 aliphatic rings. The molecule has 2 heterocycles. The number of aliphatic hydroxyl groups excluding tert-OH is 6. The first kappa shape index (κ1) is 40.0. The quantitative estimate of drug-likeness (QED) is 0.0598. The summed E-state index contributed by atoms with van der Waals surface area (Å²) in [6, 6.07) is 0. The number of carbonyl (C=O) groups is 1. The maximum atomic E-state index is 10.9. The van der Waals surface area contributed by atoms with Crippen LogP contribution in [0.5, 0.6) is 0 Å². The molecule has 0 aromatic rings. The Morgan fingerprint density at radius 3 is 2.02 bits per heavy atom. The van der Waals surface area contributed by atoms with Crippen LogP contribution in [0.15, 0.2) is 12.2 Å². The van der Waals surface area contributed by atoms with Gasteiger partial charge in [-0.25, -0.2) is 0 Å². The van der Waals surface area contributed by atoms with E-state index < -0.39 is 74.1 Å². The number of unbranched alkanes of at least 4 members (excludes halogenated alkanes) is 9. The van der Waals surface area contributed by atoms with E-state index in [-0.39, 0.29) is 32.2 Å². The Labute approximate surface area is 268 Å². The predicted molar refractivity (Wildman–Crippen MR) is 166 cm³/mol. The van der Waals surface area contributed by atoms with Crippen LogP contribution in [-0.4, -0.2) is 123 Å². The van der Waals surface area contributed by atoms with E-state index in [0.717, 1.165) is 83.5 Å². The number of allylic oxidation sites excluding steroid dienone is 2. The van der Waals surface area contributed by atoms with Crippen LogP contribution < -0.4 is 0 Å². The number of carboxylic acid groups (broad SMARTS) is 1. The van der Waals surface area contributed by atoms with Gasteiger partial charge < -0.3 is 54.7 Å². The van der Waals surface area contributed by atoms with Crippen LogP contribution in [0.1, 0.15) is 103 Å². The van der Waals surface area contributed by atoms with Crippen molar-refractivity contribution in [1.29, 1.82) is 0 Å². The first-order valence-electron chi connectivity index (χ1n) is 17.1. The first-order valence-corrected chi connectivity index (χ1v) is 17.1. The zero-order chi connectivity index (χ0) is 33.0. The minimum absolute atomic E-state index is 0.0277. The highest BCUT2D eigenvalue weighted by molar-refractivity contribution is 5.66. The average Bonchev–Trinajstić information content (AvgIpc) is 3.02. The van der Waals surface area contributed by atoms with Crippen molar-refractivity contribution in [2.24, 2.45) is 5.92 Å². The number of carboxylic acids is 1. The summed E-state index contributed by atoms with van der Waals surface area (Å²) in [6.45, 7) is 1.12. The third-order valence-electron chi connectivity index (χ3n) is 8.81. The minimum atomic E-state index is -1.31. The molecular formula is C33H60O12. The average molecular weight is 649 g/mol. The molecule has 12 heteroatoms. The van der Waals surface area contributed by atoms with Crippen LogP contribution in [-0.2, 0) is 23.7 Å². The molecule has 10 atom stereocenters. The predicted octanol–water partition coefficient (Wildman–Crippen LogP) is 2.44. The molecule has 0 aromatic carbocycles. The van der Waals surface area contributed by atoms with Crippen molar-refractivity contribution in [2.75, 3.05) is 26.4 Å². The summed E-state index contributed by atoms with van der Waals surface area (Å²) in [7, 11) is 0. The van der Waals surface area contributed by atoms with E-state index in [0.29, 0.717) is 0 Å². The van der Waals surface area contributed by atoms with Gasteiger partial charge in [0.05, 0.1) is 56.8 Å². The van der Waals surface area contributed by atoms with Crippen molar-refractivity contribution < 1.29 is 59.5 Å². The molecule has 2 aliphatic heterocycles. The topological polar surface area (TPSA) is 196 Å². The fourth-order valence-corrected chi connectivity index (χ4v) is 5.93. The highest BCUT2D eigenvalue weighted by Gasteiger charge is 2.46. The van der Waals surface area contributed by atoms with Gasteiger partial charge in [-0.15, -0.1) is 0 Å². The Kier molecular flexibility index (Phi) is 20.6. The normalized spacial score (nSPS) is 31.4. The van der Waals surface area contributed by atoms with Gasteiger partial charge in [0.1, 0.15) is 24.4 Å². The molecule has 7 N–H and O–H groups in total. The van der Waals surface area contributed by atoms with E-state index in [1.807, 2.05) is 6.92 Å². The standard InChI is InChI=1S/C33H60O12/c1-2-23(16-14-12-10-8-6-4-3-5-7-9-11-13-15-17-29(37)38)44-33-25(30(39)32(41)28(20-35)45-33)22-42-21-24-18-26(36)31(40)27(19-34)43-24/h3-4,23-28,30-36,39-41H,2,5-22H2,1H3,(H,37,38)/b4-3+. The van der Waals surface area contributed by atoms with Crippen LogP contribution in [0.2, 0.25) is 0 Å². The minimum Gasteiger partial charge on any atom is -0.481 e. The number of ether oxygens (including phenoxy) is 4. The molecular weight excluding hydrogens is 588 g/mol. The van der Waals surface area contributed by atoms with Crippen molar-refractivity contribution in [3.05, 3.63) is 12.2 Å². The summed E-state index contributed by atoms with van der Waals surface area (Å²) >= 11 is 0. The maximum Gasteiger partial charge on any atom is 0.303 e. The van der Waals surface area contributed by atoms with Gasteiger partial charge in [-0.05, 0) is 44.9 Å². The Morgan fingerprint density at radius 2 is 1.40 bits per heavy atom. The molecule has 264 valence electrons. The van der Waals surface area contributed by atoms with Gasteiger partial charge >= 0.3 is 5.97 Å². The SMILES string of the molecule is CCC(CCCCCC/C=C/CCCCCCCC(=O)O)OC1OC(CO)C(O)C(O)C1COCC1CC(O)C(O)C(CO)O1. The van der Waals surface area contributed by atoms with Crippen molar-refractivity contribution >= 4 is 5.97 Å². The molecule has 2 fully saturated rings. The van der Waals surface area contributed by atoms with Crippen LogP contribution in [0.25, 0.3) is 0 Å². The van der Waals surface area contributed by atoms with E-state index in [1.54, 1.807) is 0 Å². The monoisotopic (exact) mass is 648 g/mol. The summed E-state index contributed by atoms with van der Waals surface area (Å²) in [5.74, 6) is -1.44. The highest BCUT2D eigenvalue weighted by Crippen LogP contribution is 2.30. The lowest BCUT2D eigenvalue weighted by Crippen LogP contribution is -2.58. The lowest BCUT2D eigenvalue weighted by molar-refractivity contribution is -0.304. The molecule has 45 heavy (non-hydrogen) atoms. The van der Waals surface area contributed by atoms with Crippen LogP contribution >= 0.6 is 0 Å². The largest absolute Gasteiger partial charge is 0.481 e. The number of hydrogen-bond donors (Lipinski definition) is 7. The maximum absolute atomic E-state index is 10.9. The molecule has 0 radical (unpaired) electrons. The molecule has 0 spiro atoms. The van der Waals surface area contributed by atoms with Crippen molar-refractivity contribution in [3.63, 3.8) is 0 Å². The fourth-order valence-electron chi connectivity index (χ4n) is 5.93. The van der Waals surface area contributed by atoms with Crippen molar-refractivity contribution in [2.45, 2.75) is 158 Å². The number of aliphatic hydroxyl groups is 6. The van der Waals surface area contributed by atoms with Gasteiger partial charge in [0.25, 0.3) is 0 Å². The third-order valence-corrected chi connectivity index (χ3v) is 8.81. The van der Waals surface area contributed by atoms with Crippen LogP contribution in [0.3, 0.4) is 0 Å². The molecule has 2 saturated heterocycles. The summed E-state index contributed by atoms with van der Waals surface area (Å²) in [6.07, 6.45) is 9.68. The zero-order valence-corrected chi connectivity index (χ0v) is 27.0. The molecule has 0 amide bonds. The lowest BCUT2D eigenvalue weighted by Gasteiger charge is -2.43. The molecule has 0 saturated carbocycles. The van der Waals surface area contributed by atoms with Gasteiger partial charge in [0.15, 0.2) is 6.29 Å². The first-order chi connectivity index (χ1) is 21.7. The molecule has 0 aliphatic carbocycles. The summed E-state index contributed by atoms with van der Waals surface area (Å²) < 4.78 is 23.6. The van der Waals surface area contributed by atoms with E-state index in [9.17, 15) is 35.4 Å². The molecule has 12 nitrogen and oxygen atoms in total. The van der Waals surface area contributed by atoms with Crippen molar-refractivity contribution in [3.8, 4) is 0 Å². The Bertz CT molecular complexity index is 798. The Balaban J connectivity index is 1.69. The summed E-state index contributed by atoms with van der Waals surface area (Å²) in [4.78, 5) is 10.5. The molecule has 2 rings (SSSR count). The molecule has 10 unspecified atom stereocenters. The highest BCUT2D eigenvalue weighted by atomic mass is 16.7. The van der Waals surface area contributed by atoms with E-state index >= 15 is 0 Å². The van der Waals surface area contributed by atoms with Crippen molar-refractivity contribution in [1.82, 2.24) is 0 Å². The number of rotatable bonds is 24. The second kappa shape index (κ2) is 23.2. The van der Waals surface area contributed by atoms with Gasteiger partial charge in [-0.3, -0.25) is 4.79 Å². The second-order valence-corrected chi connectivity index (χ2v) is 12.5. The molecule has 0 aromatic heterocycles. The smallest absolute Gasteiger partial charge is 0.303 e. The van der Waals surface area contributed by atoms with E-state index in [2.05, 4.69) is 12.2 Å². The number of aliphatic carboxylic acids is 1. The van der Waals surface area contributed by atoms with Crippen LogP contribution in [0.4, 0.5) is 0 Å². The molecule has 0 bridgehead atoms. The van der Waals surface area contributed by atoms with E-state index in [4.69, 9.17) is 24.1 Å². The Morgan fingerprint density at radius 1 is 0.800 bits per heavy atom. The van der Waals surface area contributed by atoms with Gasteiger partial charge in [-0.1, -0.05) is 57.6 Å². The van der Waals surface area contributed by atoms with Gasteiger partial charge in [0, 0.05) is 12.8 Å². The fraction of sp³-hybridized carbons (Fsp3) is 0.909. The van der Waals surface area contributed by atoms with Gasteiger partial charge in [-0.2, -0.15) is 0 Å². The Hall–Kier alpha value is -1.19. The van der Waals surface area contributed by atoms with Gasteiger partial charge in [0.2, 0.25) is 0 Å². The third kappa shape index (κ3) is 15.1. The van der Waals surface area contributed by atoms with E-state index in [1.165, 1.54) is 0 Å². The summed E-state index contributed by atoms with van der Waals surface area (Å²) in [5, 5.41) is 69.1. The second-order valence-electron chi connectivity index (χ2n) is 12.5. The number of hydrogen-bond acceptors (Lipinski definition) is 11. The zero-order valence-electron chi connectivity index (χ0n) is 27.0. The van der Waals surface area contributed by atoms with Crippen LogP contribution in [0, 0.1) is 5.92 Å².